The zero-order valence-electron chi connectivity index (χ0n) is 12.5. The van der Waals surface area contributed by atoms with Crippen molar-refractivity contribution in [1.29, 1.82) is 0 Å². The van der Waals surface area contributed by atoms with E-state index < -0.39 is 9.73 Å². The third-order valence-electron chi connectivity index (χ3n) is 3.49. The van der Waals surface area contributed by atoms with Gasteiger partial charge in [-0.2, -0.15) is 0 Å². The summed E-state index contributed by atoms with van der Waals surface area (Å²) >= 11 is 0. The van der Waals surface area contributed by atoms with Gasteiger partial charge in [-0.15, -0.1) is 0 Å². The predicted molar refractivity (Wildman–Crippen MR) is 90.8 cm³/mol. The van der Waals surface area contributed by atoms with Crippen LogP contribution >= 0.6 is 0 Å². The molecule has 0 saturated heterocycles. The van der Waals surface area contributed by atoms with E-state index in [2.05, 4.69) is 29.5 Å². The van der Waals surface area contributed by atoms with Gasteiger partial charge in [-0.3, -0.25) is 0 Å². The maximum Gasteiger partial charge on any atom is 0.0785 e. The quantitative estimate of drug-likeness (QED) is 0.791. The molecule has 0 N–H and O–H groups in total. The summed E-state index contributed by atoms with van der Waals surface area (Å²) in [7, 11) is -0.734. The van der Waals surface area contributed by atoms with Crippen molar-refractivity contribution < 1.29 is 4.21 Å². The molecule has 21 heavy (non-hydrogen) atoms. The van der Waals surface area contributed by atoms with Gasteiger partial charge < -0.3 is 0 Å². The third kappa shape index (κ3) is 3.82. The molecule has 0 radical (unpaired) electrons. The van der Waals surface area contributed by atoms with E-state index in [1.807, 2.05) is 48.5 Å². The van der Waals surface area contributed by atoms with Crippen LogP contribution in [0.3, 0.4) is 0 Å². The first kappa shape index (κ1) is 15.5. The van der Waals surface area contributed by atoms with E-state index in [1.54, 1.807) is 7.05 Å². The van der Waals surface area contributed by atoms with Crippen molar-refractivity contribution in [3.63, 3.8) is 0 Å². The van der Waals surface area contributed by atoms with Crippen molar-refractivity contribution in [2.75, 3.05) is 12.8 Å². The lowest BCUT2D eigenvalue weighted by Crippen LogP contribution is -2.05. The molecule has 0 amide bonds. The summed E-state index contributed by atoms with van der Waals surface area (Å²) in [6, 6.07) is 19.7. The molecule has 0 fully saturated rings. The molecule has 1 atom stereocenters. The molecule has 0 saturated carbocycles. The van der Waals surface area contributed by atoms with Gasteiger partial charge in [0.2, 0.25) is 0 Å². The number of nitrogens with zero attached hydrogens (tertiary/aromatic N) is 1. The molecule has 0 aromatic heterocycles. The van der Waals surface area contributed by atoms with Gasteiger partial charge in [0.15, 0.2) is 0 Å². The van der Waals surface area contributed by atoms with Crippen LogP contribution in [0.4, 0.5) is 0 Å². The molecular formula is C18H21NOS. The lowest BCUT2D eigenvalue weighted by molar-refractivity contribution is 0.678. The highest BCUT2D eigenvalue weighted by atomic mass is 32.2. The van der Waals surface area contributed by atoms with Crippen LogP contribution in [0.1, 0.15) is 18.9 Å². The smallest absolute Gasteiger partial charge is 0.0785 e. The molecule has 0 unspecified atom stereocenters. The van der Waals surface area contributed by atoms with Crippen LogP contribution in [-0.4, -0.2) is 17.0 Å². The standard InChI is InChI=1S/C18H21NOS/c1-3-16(17-10-6-4-7-11-17)14-15-21(20,19-2)18-12-8-5-9-13-18/h4-14H,3,15H2,1-2H3/b16-14+/t21-/m0/s1. The molecule has 2 aromatic rings. The van der Waals surface area contributed by atoms with Crippen molar-refractivity contribution in [2.45, 2.75) is 18.2 Å². The number of benzene rings is 2. The largest absolute Gasteiger partial charge is 0.244 e. The Bertz CT molecular complexity index is 711. The van der Waals surface area contributed by atoms with E-state index >= 15 is 0 Å². The van der Waals surface area contributed by atoms with E-state index in [0.29, 0.717) is 5.75 Å². The van der Waals surface area contributed by atoms with E-state index in [0.717, 1.165) is 11.3 Å². The molecule has 0 aliphatic rings. The zero-order valence-corrected chi connectivity index (χ0v) is 13.3. The number of rotatable bonds is 5. The van der Waals surface area contributed by atoms with Crippen LogP contribution in [0.5, 0.6) is 0 Å². The molecular weight excluding hydrogens is 278 g/mol. The molecule has 0 spiro atoms. The average Bonchev–Trinajstić information content (AvgIpc) is 2.57. The van der Waals surface area contributed by atoms with E-state index in [4.69, 9.17) is 0 Å². The first-order chi connectivity index (χ1) is 10.2. The first-order valence-corrected chi connectivity index (χ1v) is 8.80. The first-order valence-electron chi connectivity index (χ1n) is 7.12. The van der Waals surface area contributed by atoms with Crippen molar-refractivity contribution in [3.8, 4) is 0 Å². The Morgan fingerprint density at radius 1 is 1.05 bits per heavy atom. The SMILES string of the molecule is CC/C(=C\C[S@@](=O)(=NC)c1ccccc1)c1ccccc1. The van der Waals surface area contributed by atoms with Gasteiger partial charge in [0.25, 0.3) is 0 Å². The summed E-state index contributed by atoms with van der Waals surface area (Å²) in [5, 5.41) is 0. The van der Waals surface area contributed by atoms with Gasteiger partial charge >= 0.3 is 0 Å². The minimum Gasteiger partial charge on any atom is -0.244 e. The molecule has 0 aliphatic heterocycles. The fraction of sp³-hybridized carbons (Fsp3) is 0.222. The van der Waals surface area contributed by atoms with Crippen molar-refractivity contribution in [1.82, 2.24) is 0 Å². The molecule has 3 heteroatoms. The maximum absolute atomic E-state index is 13.0. The van der Waals surface area contributed by atoms with Crippen LogP contribution in [0.25, 0.3) is 5.57 Å². The van der Waals surface area contributed by atoms with Gasteiger partial charge in [0.05, 0.1) is 15.5 Å². The Morgan fingerprint density at radius 3 is 2.14 bits per heavy atom. The minimum absolute atomic E-state index is 0.450. The van der Waals surface area contributed by atoms with Gasteiger partial charge in [0.1, 0.15) is 0 Å². The molecule has 0 heterocycles. The Labute approximate surface area is 127 Å². The highest BCUT2D eigenvalue weighted by molar-refractivity contribution is 7.93. The van der Waals surface area contributed by atoms with Gasteiger partial charge in [-0.1, -0.05) is 61.5 Å². The molecule has 2 aromatic carbocycles. The highest BCUT2D eigenvalue weighted by Gasteiger charge is 2.10. The fourth-order valence-corrected chi connectivity index (χ4v) is 3.80. The number of allylic oxidation sites excluding steroid dienone is 1. The second kappa shape index (κ2) is 7.23. The van der Waals surface area contributed by atoms with Gasteiger partial charge in [-0.25, -0.2) is 8.57 Å². The minimum atomic E-state index is -2.37. The Balaban J connectivity index is 2.31. The highest BCUT2D eigenvalue weighted by Crippen LogP contribution is 2.20. The monoisotopic (exact) mass is 299 g/mol. The predicted octanol–water partition coefficient (Wildman–Crippen LogP) is 4.64. The summed E-state index contributed by atoms with van der Waals surface area (Å²) in [6.07, 6.45) is 2.98. The molecule has 110 valence electrons. The summed E-state index contributed by atoms with van der Waals surface area (Å²) in [5.74, 6) is 0.450. The van der Waals surface area contributed by atoms with Gasteiger partial charge in [-0.05, 0) is 29.7 Å². The van der Waals surface area contributed by atoms with Crippen molar-refractivity contribution >= 4 is 15.3 Å². The van der Waals surface area contributed by atoms with E-state index in [9.17, 15) is 4.21 Å². The Kier molecular flexibility index (Phi) is 5.34. The van der Waals surface area contributed by atoms with Crippen LogP contribution in [0, 0.1) is 0 Å². The Morgan fingerprint density at radius 2 is 1.62 bits per heavy atom. The average molecular weight is 299 g/mol. The fourth-order valence-electron chi connectivity index (χ4n) is 2.24. The Hall–Kier alpha value is -1.87. The zero-order chi connectivity index (χ0) is 15.1. The molecule has 0 bridgehead atoms. The number of hydrogen-bond acceptors (Lipinski definition) is 2. The summed E-state index contributed by atoms with van der Waals surface area (Å²) in [4.78, 5) is 0.798. The van der Waals surface area contributed by atoms with E-state index in [1.165, 1.54) is 11.1 Å². The lowest BCUT2D eigenvalue weighted by Gasteiger charge is -2.09. The lowest BCUT2D eigenvalue weighted by atomic mass is 10.0. The van der Waals surface area contributed by atoms with Crippen LogP contribution < -0.4 is 0 Å². The maximum atomic E-state index is 13.0. The third-order valence-corrected chi connectivity index (χ3v) is 5.70. The topological polar surface area (TPSA) is 29.4 Å². The summed E-state index contributed by atoms with van der Waals surface area (Å²) in [6.45, 7) is 2.12. The summed E-state index contributed by atoms with van der Waals surface area (Å²) in [5.41, 5.74) is 2.40. The summed E-state index contributed by atoms with van der Waals surface area (Å²) < 4.78 is 17.2. The molecule has 0 aliphatic carbocycles. The van der Waals surface area contributed by atoms with Crippen molar-refractivity contribution in [2.24, 2.45) is 4.36 Å². The van der Waals surface area contributed by atoms with Crippen LogP contribution in [0.2, 0.25) is 0 Å². The second-order valence-electron chi connectivity index (χ2n) is 4.75. The van der Waals surface area contributed by atoms with E-state index in [-0.39, 0.29) is 0 Å². The normalized spacial score (nSPS) is 14.5. The van der Waals surface area contributed by atoms with Gasteiger partial charge in [0, 0.05) is 11.9 Å². The van der Waals surface area contributed by atoms with Crippen LogP contribution in [-0.2, 0) is 9.73 Å². The van der Waals surface area contributed by atoms with Crippen LogP contribution in [0.15, 0.2) is 76.0 Å². The molecule has 2 nitrogen and oxygen atoms in total. The molecule has 2 rings (SSSR count). The van der Waals surface area contributed by atoms with Crippen molar-refractivity contribution in [3.05, 3.63) is 72.3 Å². The number of hydrogen-bond donors (Lipinski definition) is 0. The second-order valence-corrected chi connectivity index (χ2v) is 7.20.